The SMILES string of the molecule is Cc1c(C(=O)NCc2ccc(C[NH+]3CCCC3)cc2)oc2ccc(F)cc12. The van der Waals surface area contributed by atoms with E-state index in [1.807, 2.05) is 0 Å². The standard InChI is InChI=1S/C22H23FN2O2/c1-15-19-12-18(23)8-9-20(19)27-21(15)22(26)24-13-16-4-6-17(7-5-16)14-25-10-2-3-11-25/h4-9,12H,2-3,10-11,13-14H2,1H3,(H,24,26)/p+1. The molecule has 27 heavy (non-hydrogen) atoms. The Balaban J connectivity index is 1.39. The fourth-order valence-corrected chi connectivity index (χ4v) is 3.79. The highest BCUT2D eigenvalue weighted by Crippen LogP contribution is 2.26. The van der Waals surface area contributed by atoms with Gasteiger partial charge < -0.3 is 14.6 Å². The van der Waals surface area contributed by atoms with Crippen LogP contribution in [0.3, 0.4) is 0 Å². The van der Waals surface area contributed by atoms with Crippen LogP contribution in [0.15, 0.2) is 46.9 Å². The molecule has 0 aliphatic carbocycles. The number of aryl methyl sites for hydroxylation is 1. The van der Waals surface area contributed by atoms with Gasteiger partial charge in [-0.15, -0.1) is 0 Å². The molecule has 0 unspecified atom stereocenters. The summed E-state index contributed by atoms with van der Waals surface area (Å²) in [6, 6.07) is 12.7. The van der Waals surface area contributed by atoms with Gasteiger partial charge in [-0.25, -0.2) is 4.39 Å². The van der Waals surface area contributed by atoms with E-state index in [4.69, 9.17) is 4.42 Å². The number of likely N-dealkylation sites (tertiary alicyclic amines) is 1. The minimum Gasteiger partial charge on any atom is -0.451 e. The second-order valence-corrected chi connectivity index (χ2v) is 7.33. The molecule has 1 amide bonds. The maximum Gasteiger partial charge on any atom is 0.287 e. The van der Waals surface area contributed by atoms with Crippen LogP contribution in [-0.4, -0.2) is 19.0 Å². The van der Waals surface area contributed by atoms with Crippen molar-refractivity contribution in [1.29, 1.82) is 0 Å². The summed E-state index contributed by atoms with van der Waals surface area (Å²) < 4.78 is 19.0. The van der Waals surface area contributed by atoms with Crippen LogP contribution in [0.25, 0.3) is 11.0 Å². The number of nitrogens with one attached hydrogen (secondary N) is 2. The third-order valence-corrected chi connectivity index (χ3v) is 5.35. The third kappa shape index (κ3) is 3.88. The van der Waals surface area contributed by atoms with E-state index >= 15 is 0 Å². The van der Waals surface area contributed by atoms with Crippen LogP contribution in [0.4, 0.5) is 4.39 Å². The van der Waals surface area contributed by atoms with Crippen LogP contribution in [0.1, 0.15) is 40.1 Å². The van der Waals surface area contributed by atoms with Crippen LogP contribution in [0, 0.1) is 12.7 Å². The van der Waals surface area contributed by atoms with Gasteiger partial charge in [0, 0.05) is 35.9 Å². The van der Waals surface area contributed by atoms with Crippen molar-refractivity contribution in [3.63, 3.8) is 0 Å². The molecule has 1 aliphatic heterocycles. The zero-order valence-electron chi connectivity index (χ0n) is 15.5. The Morgan fingerprint density at radius 1 is 1.11 bits per heavy atom. The van der Waals surface area contributed by atoms with Crippen molar-refractivity contribution in [1.82, 2.24) is 5.32 Å². The minimum atomic E-state index is -0.339. The molecule has 140 valence electrons. The summed E-state index contributed by atoms with van der Waals surface area (Å²) in [5.41, 5.74) is 3.55. The first-order valence-corrected chi connectivity index (χ1v) is 9.48. The molecule has 0 spiro atoms. The number of hydrogen-bond donors (Lipinski definition) is 2. The van der Waals surface area contributed by atoms with Gasteiger partial charge in [0.2, 0.25) is 0 Å². The van der Waals surface area contributed by atoms with E-state index in [0.29, 0.717) is 23.1 Å². The number of furan rings is 1. The van der Waals surface area contributed by atoms with Gasteiger partial charge in [-0.1, -0.05) is 24.3 Å². The van der Waals surface area contributed by atoms with Crippen molar-refractivity contribution in [2.24, 2.45) is 0 Å². The monoisotopic (exact) mass is 367 g/mol. The second-order valence-electron chi connectivity index (χ2n) is 7.33. The van der Waals surface area contributed by atoms with Crippen LogP contribution in [0.2, 0.25) is 0 Å². The van der Waals surface area contributed by atoms with Crippen molar-refractivity contribution in [3.8, 4) is 0 Å². The van der Waals surface area contributed by atoms with Gasteiger partial charge in [0.15, 0.2) is 5.76 Å². The summed E-state index contributed by atoms with van der Waals surface area (Å²) in [6.07, 6.45) is 2.65. The smallest absolute Gasteiger partial charge is 0.287 e. The second kappa shape index (κ2) is 7.53. The summed E-state index contributed by atoms with van der Waals surface area (Å²) in [4.78, 5) is 14.1. The Morgan fingerprint density at radius 2 is 1.81 bits per heavy atom. The van der Waals surface area contributed by atoms with Crippen molar-refractivity contribution in [2.75, 3.05) is 13.1 Å². The number of fused-ring (bicyclic) bond motifs is 1. The zero-order chi connectivity index (χ0) is 18.8. The number of rotatable bonds is 5. The van der Waals surface area contributed by atoms with Crippen molar-refractivity contribution in [3.05, 3.63) is 70.7 Å². The summed E-state index contributed by atoms with van der Waals surface area (Å²) >= 11 is 0. The molecule has 3 aromatic rings. The number of benzene rings is 2. The van der Waals surface area contributed by atoms with Crippen LogP contribution < -0.4 is 10.2 Å². The number of carbonyl (C=O) groups is 1. The summed E-state index contributed by atoms with van der Waals surface area (Å²) in [6.45, 7) is 5.80. The van der Waals surface area contributed by atoms with Gasteiger partial charge in [0.25, 0.3) is 5.91 Å². The molecule has 1 aliphatic rings. The Kier molecular flexibility index (Phi) is 4.94. The first-order chi connectivity index (χ1) is 13.1. The topological polar surface area (TPSA) is 46.7 Å². The Labute approximate surface area is 158 Å². The van der Waals surface area contributed by atoms with Crippen LogP contribution >= 0.6 is 0 Å². The van der Waals surface area contributed by atoms with Crippen molar-refractivity contribution >= 4 is 16.9 Å². The normalized spacial score (nSPS) is 14.7. The van der Waals surface area contributed by atoms with Gasteiger partial charge in [-0.3, -0.25) is 4.79 Å². The Hall–Kier alpha value is -2.66. The van der Waals surface area contributed by atoms with Crippen LogP contribution in [0.5, 0.6) is 0 Å². The van der Waals surface area contributed by atoms with Gasteiger partial charge in [-0.2, -0.15) is 0 Å². The Bertz CT molecular complexity index is 956. The quantitative estimate of drug-likeness (QED) is 0.728. The van der Waals surface area contributed by atoms with E-state index in [-0.39, 0.29) is 17.5 Å². The molecule has 0 saturated carbocycles. The molecular formula is C22H24FN2O2+. The summed E-state index contributed by atoms with van der Waals surface area (Å²) in [7, 11) is 0. The predicted octanol–water partition coefficient (Wildman–Crippen LogP) is 2.99. The maximum atomic E-state index is 13.4. The predicted molar refractivity (Wildman–Crippen MR) is 102 cm³/mol. The number of hydrogen-bond acceptors (Lipinski definition) is 2. The maximum absolute atomic E-state index is 13.4. The highest BCUT2D eigenvalue weighted by atomic mass is 19.1. The average Bonchev–Trinajstić information content (AvgIpc) is 3.29. The lowest BCUT2D eigenvalue weighted by atomic mass is 10.1. The average molecular weight is 367 g/mol. The molecule has 4 nitrogen and oxygen atoms in total. The molecule has 1 saturated heterocycles. The van der Waals surface area contributed by atoms with E-state index < -0.39 is 0 Å². The minimum absolute atomic E-state index is 0.241. The van der Waals surface area contributed by atoms with Gasteiger partial charge in [0.1, 0.15) is 17.9 Å². The van der Waals surface area contributed by atoms with Gasteiger partial charge in [0.05, 0.1) is 13.1 Å². The summed E-state index contributed by atoms with van der Waals surface area (Å²) in [5, 5.41) is 3.53. The molecule has 1 aromatic heterocycles. The molecule has 0 atom stereocenters. The largest absolute Gasteiger partial charge is 0.451 e. The Morgan fingerprint density at radius 3 is 2.56 bits per heavy atom. The van der Waals surface area contributed by atoms with E-state index in [9.17, 15) is 9.18 Å². The molecule has 0 bridgehead atoms. The fraction of sp³-hybridized carbons (Fsp3) is 0.318. The molecule has 4 rings (SSSR count). The van der Waals surface area contributed by atoms with E-state index in [1.165, 1.54) is 43.6 Å². The van der Waals surface area contributed by atoms with Crippen molar-refractivity contribution < 1.29 is 18.5 Å². The highest BCUT2D eigenvalue weighted by molar-refractivity contribution is 5.98. The number of quaternary nitrogens is 1. The van der Waals surface area contributed by atoms with E-state index in [1.54, 1.807) is 17.9 Å². The lowest BCUT2D eigenvalue weighted by Crippen LogP contribution is -3.08. The number of halogens is 1. The molecule has 2 heterocycles. The first-order valence-electron chi connectivity index (χ1n) is 9.48. The van der Waals surface area contributed by atoms with Crippen molar-refractivity contribution in [2.45, 2.75) is 32.9 Å². The zero-order valence-corrected chi connectivity index (χ0v) is 15.5. The molecule has 2 aromatic carbocycles. The highest BCUT2D eigenvalue weighted by Gasteiger charge is 2.18. The first kappa shape index (κ1) is 17.7. The van der Waals surface area contributed by atoms with Gasteiger partial charge >= 0.3 is 0 Å². The fourth-order valence-electron chi connectivity index (χ4n) is 3.79. The van der Waals surface area contributed by atoms with Crippen LogP contribution in [-0.2, 0) is 13.1 Å². The lowest BCUT2D eigenvalue weighted by Gasteiger charge is -2.12. The molecule has 2 N–H and O–H groups in total. The molecule has 1 fully saturated rings. The number of carbonyl (C=O) groups excluding carboxylic acids is 1. The third-order valence-electron chi connectivity index (χ3n) is 5.35. The lowest BCUT2D eigenvalue weighted by molar-refractivity contribution is -0.901. The number of amides is 1. The van der Waals surface area contributed by atoms with Gasteiger partial charge in [-0.05, 0) is 30.7 Å². The molecular weight excluding hydrogens is 343 g/mol. The van der Waals surface area contributed by atoms with E-state index in [0.717, 1.165) is 12.1 Å². The molecule has 0 radical (unpaired) electrons. The molecule has 5 heteroatoms. The van der Waals surface area contributed by atoms with E-state index in [2.05, 4.69) is 29.6 Å². The summed E-state index contributed by atoms with van der Waals surface area (Å²) in [5.74, 6) is -0.381.